The standard InChI is InChI=1S/C27H26ClF3N6O2/c1-32-23-11-10-19(14-33-23)37-22-5-3-2-4-21(22)36(26(37)39)15-16-6-8-18(9-7-16)35-25(38)20-12-17(28)13-34-24(20)27(29,30)31/h2-5,10-14,16,18H,6-9,15H2,1H3,(H,32,33)(H,35,38)/t16-,18-. The van der Waals surface area contributed by atoms with Crippen molar-refractivity contribution in [2.75, 3.05) is 12.4 Å². The minimum Gasteiger partial charge on any atom is -0.373 e. The van der Waals surface area contributed by atoms with Crippen LogP contribution in [-0.2, 0) is 12.7 Å². The van der Waals surface area contributed by atoms with Crippen molar-refractivity contribution in [3.8, 4) is 5.69 Å². The third kappa shape index (κ3) is 5.49. The summed E-state index contributed by atoms with van der Waals surface area (Å²) >= 11 is 5.81. The van der Waals surface area contributed by atoms with E-state index in [1.807, 2.05) is 30.3 Å². The molecule has 3 aromatic heterocycles. The minimum atomic E-state index is -4.77. The number of rotatable bonds is 6. The summed E-state index contributed by atoms with van der Waals surface area (Å²) in [6, 6.07) is 11.9. The van der Waals surface area contributed by atoms with E-state index in [0.29, 0.717) is 43.7 Å². The second-order valence-corrected chi connectivity index (χ2v) is 10.0. The van der Waals surface area contributed by atoms with Crippen molar-refractivity contribution in [1.82, 2.24) is 24.4 Å². The fraction of sp³-hybridized carbons (Fsp3) is 0.333. The highest BCUT2D eigenvalue weighted by Crippen LogP contribution is 2.32. The maximum Gasteiger partial charge on any atom is 0.434 e. The molecule has 1 aliphatic rings. The van der Waals surface area contributed by atoms with Gasteiger partial charge in [0.05, 0.1) is 33.5 Å². The monoisotopic (exact) mass is 558 g/mol. The molecule has 4 aromatic rings. The summed E-state index contributed by atoms with van der Waals surface area (Å²) in [4.78, 5) is 33.9. The van der Waals surface area contributed by atoms with Gasteiger partial charge in [-0.05, 0) is 61.9 Å². The summed E-state index contributed by atoms with van der Waals surface area (Å²) in [5.74, 6) is 0.0112. The van der Waals surface area contributed by atoms with Crippen molar-refractivity contribution in [3.05, 3.63) is 81.6 Å². The average molecular weight is 559 g/mol. The van der Waals surface area contributed by atoms with Crippen molar-refractivity contribution in [3.63, 3.8) is 0 Å². The van der Waals surface area contributed by atoms with E-state index in [9.17, 15) is 22.8 Å². The zero-order chi connectivity index (χ0) is 27.7. The van der Waals surface area contributed by atoms with Crippen LogP contribution in [0.2, 0.25) is 5.02 Å². The van der Waals surface area contributed by atoms with Gasteiger partial charge in [-0.2, -0.15) is 13.2 Å². The number of carbonyl (C=O) groups excluding carboxylic acids is 1. The Hall–Kier alpha value is -3.86. The van der Waals surface area contributed by atoms with E-state index in [2.05, 4.69) is 20.6 Å². The number of alkyl halides is 3. The molecule has 204 valence electrons. The van der Waals surface area contributed by atoms with Crippen molar-refractivity contribution >= 4 is 34.4 Å². The lowest BCUT2D eigenvalue weighted by atomic mass is 9.85. The number of aromatic nitrogens is 4. The highest BCUT2D eigenvalue weighted by atomic mass is 35.5. The first kappa shape index (κ1) is 26.7. The zero-order valence-corrected chi connectivity index (χ0v) is 21.8. The zero-order valence-electron chi connectivity index (χ0n) is 21.0. The number of hydrogen-bond acceptors (Lipinski definition) is 5. The molecule has 8 nitrogen and oxygen atoms in total. The molecule has 3 heterocycles. The van der Waals surface area contributed by atoms with E-state index in [0.717, 1.165) is 23.3 Å². The third-order valence-corrected chi connectivity index (χ3v) is 7.29. The summed E-state index contributed by atoms with van der Waals surface area (Å²) in [5.41, 5.74) is 0.230. The van der Waals surface area contributed by atoms with Gasteiger partial charge in [0.2, 0.25) is 0 Å². The third-order valence-electron chi connectivity index (χ3n) is 7.09. The van der Waals surface area contributed by atoms with Crippen LogP contribution in [0.15, 0.2) is 59.7 Å². The molecule has 2 N–H and O–H groups in total. The molecule has 5 rings (SSSR count). The molecule has 0 spiro atoms. The second kappa shape index (κ2) is 10.7. The molecule has 0 atom stereocenters. The van der Waals surface area contributed by atoms with Gasteiger partial charge in [0.25, 0.3) is 5.91 Å². The van der Waals surface area contributed by atoms with Gasteiger partial charge in [0.1, 0.15) is 5.82 Å². The Labute approximate surface area is 226 Å². The van der Waals surface area contributed by atoms with Gasteiger partial charge in [0, 0.05) is 25.8 Å². The molecule has 1 aromatic carbocycles. The lowest BCUT2D eigenvalue weighted by Gasteiger charge is -2.29. The quantitative estimate of drug-likeness (QED) is 0.336. The van der Waals surface area contributed by atoms with E-state index in [1.54, 1.807) is 28.4 Å². The van der Waals surface area contributed by atoms with Gasteiger partial charge < -0.3 is 10.6 Å². The first-order chi connectivity index (χ1) is 18.7. The molecule has 0 bridgehead atoms. The fourth-order valence-electron chi connectivity index (χ4n) is 5.15. The lowest BCUT2D eigenvalue weighted by molar-refractivity contribution is -0.141. The Morgan fingerprint density at radius 3 is 2.41 bits per heavy atom. The molecular weight excluding hydrogens is 533 g/mol. The molecule has 0 unspecified atom stereocenters. The van der Waals surface area contributed by atoms with E-state index < -0.39 is 23.3 Å². The maximum atomic E-state index is 13.5. The normalized spacial score (nSPS) is 17.8. The van der Waals surface area contributed by atoms with Gasteiger partial charge in [-0.15, -0.1) is 0 Å². The highest BCUT2D eigenvalue weighted by Gasteiger charge is 2.38. The lowest BCUT2D eigenvalue weighted by Crippen LogP contribution is -2.39. The van der Waals surface area contributed by atoms with Crippen LogP contribution < -0.4 is 16.3 Å². The number of para-hydroxylation sites is 2. The Morgan fingerprint density at radius 2 is 1.77 bits per heavy atom. The van der Waals surface area contributed by atoms with Gasteiger partial charge in [-0.1, -0.05) is 23.7 Å². The van der Waals surface area contributed by atoms with Crippen molar-refractivity contribution in [2.45, 2.75) is 44.4 Å². The van der Waals surface area contributed by atoms with E-state index in [1.165, 1.54) is 0 Å². The molecule has 1 aliphatic carbocycles. The van der Waals surface area contributed by atoms with Gasteiger partial charge >= 0.3 is 11.9 Å². The SMILES string of the molecule is CNc1ccc(-n2c(=O)n(C[C@H]3CC[C@H](NC(=O)c4cc(Cl)cnc4C(F)(F)F)CC3)c3ccccc32)cn1. The molecule has 1 saturated carbocycles. The van der Waals surface area contributed by atoms with E-state index in [-0.39, 0.29) is 22.7 Å². The van der Waals surface area contributed by atoms with Crippen LogP contribution in [-0.4, -0.2) is 38.1 Å². The number of hydrogen-bond donors (Lipinski definition) is 2. The molecule has 1 amide bonds. The van der Waals surface area contributed by atoms with E-state index >= 15 is 0 Å². The number of nitrogens with zero attached hydrogens (tertiary/aromatic N) is 4. The number of pyridine rings is 2. The van der Waals surface area contributed by atoms with E-state index in [4.69, 9.17) is 11.6 Å². The van der Waals surface area contributed by atoms with Crippen LogP contribution in [0.1, 0.15) is 41.7 Å². The molecule has 0 aliphatic heterocycles. The second-order valence-electron chi connectivity index (χ2n) is 9.61. The van der Waals surface area contributed by atoms with Crippen LogP contribution >= 0.6 is 11.6 Å². The average Bonchev–Trinajstić information content (AvgIpc) is 3.20. The number of carbonyl (C=O) groups is 1. The Morgan fingerprint density at radius 1 is 1.05 bits per heavy atom. The minimum absolute atomic E-state index is 0.0461. The largest absolute Gasteiger partial charge is 0.434 e. The maximum absolute atomic E-state index is 13.5. The van der Waals surface area contributed by atoms with Gasteiger partial charge in [-0.3, -0.25) is 13.9 Å². The number of halogens is 4. The number of anilines is 1. The summed E-state index contributed by atoms with van der Waals surface area (Å²) in [6.45, 7) is 0.492. The number of benzene rings is 1. The summed E-state index contributed by atoms with van der Waals surface area (Å²) < 4.78 is 43.4. The smallest absolute Gasteiger partial charge is 0.373 e. The van der Waals surface area contributed by atoms with Gasteiger partial charge in [0.15, 0.2) is 5.69 Å². The fourth-order valence-corrected chi connectivity index (χ4v) is 5.31. The Balaban J connectivity index is 1.30. The Bertz CT molecular complexity index is 1560. The van der Waals surface area contributed by atoms with Crippen molar-refractivity contribution in [1.29, 1.82) is 0 Å². The number of imidazole rings is 1. The van der Waals surface area contributed by atoms with Gasteiger partial charge in [-0.25, -0.2) is 14.8 Å². The Kier molecular flexibility index (Phi) is 7.35. The predicted molar refractivity (Wildman–Crippen MR) is 142 cm³/mol. The molecule has 1 fully saturated rings. The molecule has 39 heavy (non-hydrogen) atoms. The number of amides is 1. The highest BCUT2D eigenvalue weighted by molar-refractivity contribution is 6.30. The number of nitrogens with one attached hydrogen (secondary N) is 2. The summed E-state index contributed by atoms with van der Waals surface area (Å²) in [6.07, 6.45) is 0.316. The molecule has 0 saturated heterocycles. The molecular formula is C27H26ClF3N6O2. The first-order valence-corrected chi connectivity index (χ1v) is 12.9. The summed E-state index contributed by atoms with van der Waals surface area (Å²) in [7, 11) is 1.77. The summed E-state index contributed by atoms with van der Waals surface area (Å²) in [5, 5.41) is 5.63. The van der Waals surface area contributed by atoms with Crippen LogP contribution in [0.25, 0.3) is 16.7 Å². The van der Waals surface area contributed by atoms with Crippen LogP contribution in [0.5, 0.6) is 0 Å². The first-order valence-electron chi connectivity index (χ1n) is 12.5. The molecule has 0 radical (unpaired) electrons. The van der Waals surface area contributed by atoms with Crippen LogP contribution in [0, 0.1) is 5.92 Å². The molecule has 12 heteroatoms. The number of fused-ring (bicyclic) bond motifs is 1. The van der Waals surface area contributed by atoms with Crippen molar-refractivity contribution < 1.29 is 18.0 Å². The predicted octanol–water partition coefficient (Wildman–Crippen LogP) is 5.28. The van der Waals surface area contributed by atoms with Crippen LogP contribution in [0.3, 0.4) is 0 Å². The van der Waals surface area contributed by atoms with Crippen LogP contribution in [0.4, 0.5) is 19.0 Å². The van der Waals surface area contributed by atoms with Crippen molar-refractivity contribution in [2.24, 2.45) is 5.92 Å². The topological polar surface area (TPSA) is 93.8 Å².